The van der Waals surface area contributed by atoms with Crippen LogP contribution < -0.4 is 16.4 Å². The molecule has 1 aliphatic rings. The van der Waals surface area contributed by atoms with Gasteiger partial charge >= 0.3 is 5.76 Å². The van der Waals surface area contributed by atoms with Gasteiger partial charge in [0.05, 0.1) is 11.5 Å². The molecule has 1 saturated heterocycles. The van der Waals surface area contributed by atoms with Crippen LogP contribution in [0.3, 0.4) is 0 Å². The SMILES string of the molecule is CCCN1CCC(C#N)(NC(=O)C(CC(C)(C)C)Nc2nc(=O)oc3cc(Cl)ccc23)CC1. The number of aromatic nitrogens is 1. The molecule has 0 radical (unpaired) electrons. The summed E-state index contributed by atoms with van der Waals surface area (Å²) in [4.78, 5) is 31.8. The second-order valence-corrected chi connectivity index (χ2v) is 10.4. The fraction of sp³-hybridized carbons (Fsp3) is 0.583. The standard InChI is InChI=1S/C24H32ClN5O3/c1-5-10-30-11-8-24(15-26,9-12-30)29-21(31)18(14-23(2,3)4)27-20-17-7-6-16(25)13-19(17)33-22(32)28-20/h6-7,13,18H,5,8-12,14H2,1-4H3,(H,29,31)(H,27,28,32). The van der Waals surface area contributed by atoms with Crippen molar-refractivity contribution in [2.75, 3.05) is 25.0 Å². The molecular weight excluding hydrogens is 442 g/mol. The fourth-order valence-electron chi connectivity index (χ4n) is 4.20. The topological polar surface area (TPSA) is 111 Å². The highest BCUT2D eigenvalue weighted by Crippen LogP contribution is 2.28. The smallest absolute Gasteiger partial charge is 0.408 e. The lowest BCUT2D eigenvalue weighted by Gasteiger charge is -2.39. The van der Waals surface area contributed by atoms with Crippen molar-refractivity contribution in [2.24, 2.45) is 5.41 Å². The molecule has 3 rings (SSSR count). The predicted molar refractivity (Wildman–Crippen MR) is 129 cm³/mol. The van der Waals surface area contributed by atoms with Crippen LogP contribution in [0.2, 0.25) is 5.02 Å². The minimum atomic E-state index is -0.905. The summed E-state index contributed by atoms with van der Waals surface area (Å²) in [5.74, 6) is -0.808. The lowest BCUT2D eigenvalue weighted by molar-refractivity contribution is -0.124. The molecule has 1 fully saturated rings. The molecule has 1 amide bonds. The highest BCUT2D eigenvalue weighted by Gasteiger charge is 2.38. The number of likely N-dealkylation sites (tertiary alicyclic amines) is 1. The van der Waals surface area contributed by atoms with Crippen LogP contribution in [0.25, 0.3) is 11.0 Å². The van der Waals surface area contributed by atoms with Crippen LogP contribution in [-0.4, -0.2) is 47.0 Å². The number of benzene rings is 1. The van der Waals surface area contributed by atoms with E-state index in [0.717, 1.165) is 26.1 Å². The van der Waals surface area contributed by atoms with Crippen LogP contribution in [0.1, 0.15) is 53.4 Å². The van der Waals surface area contributed by atoms with Gasteiger partial charge in [-0.3, -0.25) is 4.79 Å². The van der Waals surface area contributed by atoms with E-state index in [-0.39, 0.29) is 22.7 Å². The van der Waals surface area contributed by atoms with Crippen molar-refractivity contribution in [3.05, 3.63) is 33.8 Å². The molecule has 8 nitrogen and oxygen atoms in total. The van der Waals surface area contributed by atoms with Crippen LogP contribution in [0.5, 0.6) is 0 Å². The van der Waals surface area contributed by atoms with Crippen molar-refractivity contribution in [1.29, 1.82) is 5.26 Å². The Labute approximate surface area is 199 Å². The first kappa shape index (κ1) is 25.0. The Kier molecular flexibility index (Phi) is 7.65. The van der Waals surface area contributed by atoms with Gasteiger partial charge < -0.3 is 20.0 Å². The number of rotatable bonds is 7. The maximum atomic E-state index is 13.5. The van der Waals surface area contributed by atoms with Crippen LogP contribution in [-0.2, 0) is 4.79 Å². The van der Waals surface area contributed by atoms with E-state index in [0.29, 0.717) is 29.7 Å². The zero-order chi connectivity index (χ0) is 24.2. The maximum Gasteiger partial charge on any atom is 0.441 e. The summed E-state index contributed by atoms with van der Waals surface area (Å²) in [7, 11) is 0. The van der Waals surface area contributed by atoms with Crippen LogP contribution in [0, 0.1) is 16.7 Å². The lowest BCUT2D eigenvalue weighted by Crippen LogP contribution is -2.57. The molecule has 1 atom stereocenters. The fourth-order valence-corrected chi connectivity index (χ4v) is 4.37. The van der Waals surface area contributed by atoms with Crippen molar-refractivity contribution in [3.63, 3.8) is 0 Å². The molecule has 1 aromatic heterocycles. The maximum absolute atomic E-state index is 13.5. The number of nitrogens with one attached hydrogen (secondary N) is 2. The van der Waals surface area contributed by atoms with Gasteiger partial charge in [0.25, 0.3) is 0 Å². The van der Waals surface area contributed by atoms with Gasteiger partial charge in [-0.25, -0.2) is 4.79 Å². The van der Waals surface area contributed by atoms with E-state index in [1.54, 1.807) is 18.2 Å². The van der Waals surface area contributed by atoms with Gasteiger partial charge in [-0.05, 0) is 49.8 Å². The third-order valence-electron chi connectivity index (χ3n) is 5.87. The first-order valence-electron chi connectivity index (χ1n) is 11.4. The molecule has 2 aromatic rings. The molecule has 0 spiro atoms. The Hall–Kier alpha value is -2.63. The summed E-state index contributed by atoms with van der Waals surface area (Å²) in [6.07, 6.45) is 2.68. The van der Waals surface area contributed by atoms with E-state index in [2.05, 4.69) is 33.5 Å². The first-order chi connectivity index (χ1) is 15.5. The minimum Gasteiger partial charge on any atom is -0.408 e. The number of nitrogens with zero attached hydrogens (tertiary/aromatic N) is 3. The third kappa shape index (κ3) is 6.46. The Morgan fingerprint density at radius 3 is 2.67 bits per heavy atom. The van der Waals surface area contributed by atoms with Gasteiger partial charge in [0, 0.05) is 24.2 Å². The van der Waals surface area contributed by atoms with Crippen LogP contribution in [0.4, 0.5) is 5.82 Å². The highest BCUT2D eigenvalue weighted by molar-refractivity contribution is 6.31. The van der Waals surface area contributed by atoms with Gasteiger partial charge in [0.2, 0.25) is 5.91 Å². The number of amides is 1. The molecule has 178 valence electrons. The summed E-state index contributed by atoms with van der Waals surface area (Å²) in [5.41, 5.74) is -0.813. The number of hydrogen-bond donors (Lipinski definition) is 2. The average Bonchev–Trinajstić information content (AvgIpc) is 2.73. The average molecular weight is 474 g/mol. The minimum absolute atomic E-state index is 0.197. The van der Waals surface area contributed by atoms with E-state index in [9.17, 15) is 14.9 Å². The molecule has 33 heavy (non-hydrogen) atoms. The van der Waals surface area contributed by atoms with Crippen molar-refractivity contribution in [3.8, 4) is 6.07 Å². The summed E-state index contributed by atoms with van der Waals surface area (Å²) < 4.78 is 5.17. The monoisotopic (exact) mass is 473 g/mol. The summed E-state index contributed by atoms with van der Waals surface area (Å²) in [5, 5.41) is 17.1. The number of hydrogen-bond acceptors (Lipinski definition) is 7. The quantitative estimate of drug-likeness (QED) is 0.626. The molecule has 1 aromatic carbocycles. The molecule has 1 unspecified atom stereocenters. The summed E-state index contributed by atoms with van der Waals surface area (Å²) >= 11 is 6.04. The second kappa shape index (κ2) is 10.1. The van der Waals surface area contributed by atoms with Crippen LogP contribution in [0.15, 0.2) is 27.4 Å². The van der Waals surface area contributed by atoms with Gasteiger partial charge in [-0.1, -0.05) is 39.3 Å². The van der Waals surface area contributed by atoms with Gasteiger partial charge in [-0.15, -0.1) is 0 Å². The highest BCUT2D eigenvalue weighted by atomic mass is 35.5. The van der Waals surface area contributed by atoms with Crippen molar-refractivity contribution >= 4 is 34.3 Å². The number of fused-ring (bicyclic) bond motifs is 1. The van der Waals surface area contributed by atoms with E-state index >= 15 is 0 Å². The summed E-state index contributed by atoms with van der Waals surface area (Å²) in [6, 6.07) is 6.57. The molecule has 9 heteroatoms. The Morgan fingerprint density at radius 1 is 1.36 bits per heavy atom. The van der Waals surface area contributed by atoms with Gasteiger partial charge in [0.1, 0.15) is 23.0 Å². The zero-order valence-corrected chi connectivity index (χ0v) is 20.5. The molecule has 2 N–H and O–H groups in total. The largest absolute Gasteiger partial charge is 0.441 e. The molecule has 0 aliphatic carbocycles. The van der Waals surface area contributed by atoms with E-state index in [1.807, 2.05) is 20.8 Å². The number of nitriles is 1. The van der Waals surface area contributed by atoms with E-state index in [4.69, 9.17) is 16.0 Å². The molecule has 2 heterocycles. The number of halogens is 1. The predicted octanol–water partition coefficient (Wildman–Crippen LogP) is 3.94. The number of piperidine rings is 1. The van der Waals surface area contributed by atoms with Gasteiger partial charge in [0.15, 0.2) is 0 Å². The van der Waals surface area contributed by atoms with Crippen LogP contribution >= 0.6 is 11.6 Å². The Bertz CT molecular complexity index is 1090. The van der Waals surface area contributed by atoms with Crippen molar-refractivity contribution < 1.29 is 9.21 Å². The lowest BCUT2D eigenvalue weighted by atomic mass is 9.85. The Morgan fingerprint density at radius 2 is 2.06 bits per heavy atom. The molecule has 1 aliphatic heterocycles. The second-order valence-electron chi connectivity index (χ2n) is 9.96. The number of carbonyl (C=O) groups is 1. The van der Waals surface area contributed by atoms with E-state index < -0.39 is 17.3 Å². The molecular formula is C24H32ClN5O3. The third-order valence-corrected chi connectivity index (χ3v) is 6.10. The molecule has 0 bridgehead atoms. The Balaban J connectivity index is 1.86. The number of carbonyl (C=O) groups excluding carboxylic acids is 1. The number of anilines is 1. The van der Waals surface area contributed by atoms with Gasteiger partial charge in [-0.2, -0.15) is 10.2 Å². The normalized spacial score (nSPS) is 17.3. The zero-order valence-electron chi connectivity index (χ0n) is 19.7. The first-order valence-corrected chi connectivity index (χ1v) is 11.7. The van der Waals surface area contributed by atoms with E-state index in [1.165, 1.54) is 0 Å². The summed E-state index contributed by atoms with van der Waals surface area (Å²) in [6.45, 7) is 10.8. The molecule has 0 saturated carbocycles. The van der Waals surface area contributed by atoms with Crippen molar-refractivity contribution in [2.45, 2.75) is 65.0 Å². The van der Waals surface area contributed by atoms with Crippen molar-refractivity contribution in [1.82, 2.24) is 15.2 Å².